The van der Waals surface area contributed by atoms with Crippen molar-refractivity contribution in [1.82, 2.24) is 5.32 Å². The molecule has 1 aliphatic heterocycles. The molecule has 1 spiro atoms. The Morgan fingerprint density at radius 3 is 1.83 bits per heavy atom. The van der Waals surface area contributed by atoms with Crippen molar-refractivity contribution in [3.05, 3.63) is 239 Å². The molecule has 0 bridgehead atoms. The van der Waals surface area contributed by atoms with Crippen LogP contribution < -0.4 is 5.32 Å². The SMILES string of the molecule is c1ccc(C2=NCC(c3ccccc3)NC(c3cccc(-c4ccc5c(c4)C4(c6ccccc6-5)c5ccccc5-c5c4cc4c6c(cccc56)-c5ccccc5-4)c3)=N2)cc1. The van der Waals surface area contributed by atoms with Crippen LogP contribution in [0, 0.1) is 0 Å². The molecule has 0 aromatic heterocycles. The minimum absolute atomic E-state index is 0.0178. The van der Waals surface area contributed by atoms with Crippen molar-refractivity contribution in [2.75, 3.05) is 6.54 Å². The van der Waals surface area contributed by atoms with Crippen molar-refractivity contribution >= 4 is 22.4 Å². The van der Waals surface area contributed by atoms with Gasteiger partial charge in [0.25, 0.3) is 0 Å². The first kappa shape index (κ1) is 33.4. The third-order valence-electron chi connectivity index (χ3n) is 13.4. The number of aliphatic imine (C=N–C) groups is 2. The van der Waals surface area contributed by atoms with Crippen molar-refractivity contribution in [3.63, 3.8) is 0 Å². The molecule has 13 rings (SSSR count). The molecule has 0 radical (unpaired) electrons. The molecule has 2 atom stereocenters. The molecule has 9 aromatic carbocycles. The number of benzene rings is 9. The van der Waals surface area contributed by atoms with Gasteiger partial charge >= 0.3 is 0 Å². The first-order chi connectivity index (χ1) is 29.8. The van der Waals surface area contributed by atoms with E-state index in [1.807, 2.05) is 18.2 Å². The summed E-state index contributed by atoms with van der Waals surface area (Å²) in [6.07, 6.45) is 0. The summed E-state index contributed by atoms with van der Waals surface area (Å²) in [6.45, 7) is 0.585. The summed E-state index contributed by atoms with van der Waals surface area (Å²) in [5, 5.41) is 6.51. The molecule has 4 aliphatic rings. The van der Waals surface area contributed by atoms with E-state index in [9.17, 15) is 0 Å². The van der Waals surface area contributed by atoms with Crippen LogP contribution in [0.25, 0.3) is 66.4 Å². The number of fused-ring (bicyclic) bond motifs is 14. The second kappa shape index (κ2) is 12.7. The molecule has 0 amide bonds. The highest BCUT2D eigenvalue weighted by Crippen LogP contribution is 2.66. The molecular weight excluding hydrogens is 727 g/mol. The second-order valence-electron chi connectivity index (χ2n) is 16.4. The van der Waals surface area contributed by atoms with Crippen molar-refractivity contribution in [2.45, 2.75) is 11.5 Å². The molecule has 0 fully saturated rings. The number of hydrogen-bond donors (Lipinski definition) is 1. The summed E-state index contributed by atoms with van der Waals surface area (Å²) in [7, 11) is 0. The molecule has 1 N–H and O–H groups in total. The average Bonchev–Trinajstić information content (AvgIpc) is 3.83. The maximum absolute atomic E-state index is 5.24. The maximum atomic E-state index is 5.24. The molecule has 0 saturated heterocycles. The van der Waals surface area contributed by atoms with Gasteiger partial charge in [-0.2, -0.15) is 0 Å². The first-order valence-electron chi connectivity index (χ1n) is 20.9. The molecule has 60 heavy (non-hydrogen) atoms. The van der Waals surface area contributed by atoms with Crippen molar-refractivity contribution < 1.29 is 0 Å². The molecule has 3 heteroatoms. The Kier molecular flexibility index (Phi) is 7.06. The van der Waals surface area contributed by atoms with E-state index in [4.69, 9.17) is 9.98 Å². The van der Waals surface area contributed by atoms with Gasteiger partial charge in [-0.05, 0) is 112 Å². The second-order valence-corrected chi connectivity index (χ2v) is 16.4. The van der Waals surface area contributed by atoms with E-state index in [1.54, 1.807) is 0 Å². The zero-order valence-electron chi connectivity index (χ0n) is 32.7. The Balaban J connectivity index is 1.01. The van der Waals surface area contributed by atoms with Crippen LogP contribution in [0.2, 0.25) is 0 Å². The van der Waals surface area contributed by atoms with E-state index in [2.05, 4.69) is 187 Å². The Morgan fingerprint density at radius 1 is 0.417 bits per heavy atom. The highest BCUT2D eigenvalue weighted by molar-refractivity contribution is 6.21. The van der Waals surface area contributed by atoms with Gasteiger partial charge in [0.15, 0.2) is 5.84 Å². The van der Waals surface area contributed by atoms with Crippen LogP contribution >= 0.6 is 0 Å². The topological polar surface area (TPSA) is 36.8 Å². The first-order valence-corrected chi connectivity index (χ1v) is 20.9. The molecule has 0 saturated carbocycles. The predicted octanol–water partition coefficient (Wildman–Crippen LogP) is 13.0. The number of rotatable bonds is 4. The van der Waals surface area contributed by atoms with Gasteiger partial charge in [0.05, 0.1) is 18.0 Å². The quantitative estimate of drug-likeness (QED) is 0.190. The van der Waals surface area contributed by atoms with E-state index in [0.29, 0.717) is 6.54 Å². The minimum Gasteiger partial charge on any atom is -0.361 e. The van der Waals surface area contributed by atoms with Crippen LogP contribution in [0.4, 0.5) is 0 Å². The number of amidine groups is 2. The Bertz CT molecular complexity index is 3320. The lowest BCUT2D eigenvalue weighted by molar-refractivity contribution is 0.666. The number of nitrogens with zero attached hydrogens (tertiary/aromatic N) is 2. The van der Waals surface area contributed by atoms with Crippen LogP contribution in [0.1, 0.15) is 45.0 Å². The van der Waals surface area contributed by atoms with Gasteiger partial charge in [0.1, 0.15) is 5.84 Å². The van der Waals surface area contributed by atoms with E-state index >= 15 is 0 Å². The lowest BCUT2D eigenvalue weighted by Crippen LogP contribution is -2.30. The van der Waals surface area contributed by atoms with Gasteiger partial charge in [-0.15, -0.1) is 0 Å². The molecule has 9 aromatic rings. The Labute approximate surface area is 349 Å². The minimum atomic E-state index is -0.486. The maximum Gasteiger partial charge on any atom is 0.157 e. The molecule has 3 aliphatic carbocycles. The van der Waals surface area contributed by atoms with Crippen LogP contribution in [-0.4, -0.2) is 18.2 Å². The largest absolute Gasteiger partial charge is 0.361 e. The van der Waals surface area contributed by atoms with Gasteiger partial charge in [-0.25, -0.2) is 4.99 Å². The zero-order chi connectivity index (χ0) is 39.4. The van der Waals surface area contributed by atoms with Gasteiger partial charge in [0, 0.05) is 11.1 Å². The van der Waals surface area contributed by atoms with Crippen LogP contribution in [-0.2, 0) is 5.41 Å². The molecular formula is C57H37N3. The fourth-order valence-corrected chi connectivity index (χ4v) is 10.8. The van der Waals surface area contributed by atoms with Gasteiger partial charge < -0.3 is 5.32 Å². The van der Waals surface area contributed by atoms with Crippen LogP contribution in [0.3, 0.4) is 0 Å². The summed E-state index contributed by atoms with van der Waals surface area (Å²) >= 11 is 0. The van der Waals surface area contributed by atoms with E-state index in [0.717, 1.165) is 28.4 Å². The lowest BCUT2D eigenvalue weighted by Gasteiger charge is -2.31. The van der Waals surface area contributed by atoms with Gasteiger partial charge in [-0.3, -0.25) is 4.99 Å². The fourth-order valence-electron chi connectivity index (χ4n) is 10.8. The van der Waals surface area contributed by atoms with Crippen LogP contribution in [0.5, 0.6) is 0 Å². The standard InChI is InChI=1S/C57H37N3/c1-3-15-35(16-4-1)52-34-58-55(36-17-5-2-6-18-36)60-56(59-52)39-20-13-19-37(31-39)38-29-30-43-42-23-9-11-27-48(42)57(50(43)32-38)49-28-12-10-24-45(49)54-46-26-14-25-44-40-21-7-8-22-41(40)47(53(44)46)33-51(54)57/h1-33,52H,34H2,(H,58,59,60). The molecule has 3 nitrogen and oxygen atoms in total. The third-order valence-corrected chi connectivity index (χ3v) is 13.4. The van der Waals surface area contributed by atoms with Gasteiger partial charge in [0.2, 0.25) is 0 Å². The van der Waals surface area contributed by atoms with E-state index in [-0.39, 0.29) is 6.04 Å². The molecule has 280 valence electrons. The predicted molar refractivity (Wildman–Crippen MR) is 247 cm³/mol. The van der Waals surface area contributed by atoms with Crippen LogP contribution in [0.15, 0.2) is 210 Å². The Morgan fingerprint density at radius 2 is 1.02 bits per heavy atom. The zero-order valence-corrected chi connectivity index (χ0v) is 32.7. The highest BCUT2D eigenvalue weighted by atomic mass is 15.1. The summed E-state index contributed by atoms with van der Waals surface area (Å²) in [5.74, 6) is 1.56. The van der Waals surface area contributed by atoms with E-state index < -0.39 is 5.41 Å². The van der Waals surface area contributed by atoms with Crippen molar-refractivity contribution in [1.29, 1.82) is 0 Å². The normalized spacial score (nSPS) is 17.5. The van der Waals surface area contributed by atoms with Gasteiger partial charge in [-0.1, -0.05) is 182 Å². The smallest absolute Gasteiger partial charge is 0.157 e. The van der Waals surface area contributed by atoms with Crippen molar-refractivity contribution in [3.8, 4) is 55.6 Å². The summed E-state index contributed by atoms with van der Waals surface area (Å²) in [4.78, 5) is 10.3. The molecule has 2 unspecified atom stereocenters. The summed E-state index contributed by atoms with van der Waals surface area (Å²) in [5.41, 5.74) is 21.0. The lowest BCUT2D eigenvalue weighted by atomic mass is 9.69. The summed E-state index contributed by atoms with van der Waals surface area (Å²) in [6, 6.07) is 73.6. The number of nitrogens with one attached hydrogen (secondary N) is 1. The monoisotopic (exact) mass is 763 g/mol. The number of hydrogen-bond acceptors (Lipinski definition) is 3. The average molecular weight is 764 g/mol. The summed E-state index contributed by atoms with van der Waals surface area (Å²) < 4.78 is 0. The van der Waals surface area contributed by atoms with Crippen molar-refractivity contribution in [2.24, 2.45) is 9.98 Å². The Hall–Kier alpha value is -7.62. The highest BCUT2D eigenvalue weighted by Gasteiger charge is 2.52. The van der Waals surface area contributed by atoms with E-state index in [1.165, 1.54) is 88.7 Å². The fraction of sp³-hybridized carbons (Fsp3) is 0.0526. The third kappa shape index (κ3) is 4.60. The molecule has 1 heterocycles.